The first-order valence-electron chi connectivity index (χ1n) is 8.73. The number of likely N-dealkylation sites (tertiary alicyclic amines) is 1. The quantitative estimate of drug-likeness (QED) is 0.774. The number of anilines is 1. The Hall–Kier alpha value is -1.76. The second-order valence-electron chi connectivity index (χ2n) is 6.56. The number of sulfonamides is 1. The minimum absolute atomic E-state index is 0.0159. The van der Waals surface area contributed by atoms with E-state index in [-0.39, 0.29) is 18.9 Å². The Bertz CT molecular complexity index is 695. The van der Waals surface area contributed by atoms with Crippen LogP contribution in [0, 0.1) is 6.92 Å². The van der Waals surface area contributed by atoms with E-state index in [0.29, 0.717) is 11.4 Å². The van der Waals surface area contributed by atoms with Crippen molar-refractivity contribution in [3.05, 3.63) is 23.8 Å². The van der Waals surface area contributed by atoms with Gasteiger partial charge in [0, 0.05) is 26.1 Å². The SMILES string of the molecule is COc1ccc(C)cc1N(CCC(=O)N1CCCCCC1)S(C)(=O)=O. The lowest BCUT2D eigenvalue weighted by atomic mass is 10.2. The maximum Gasteiger partial charge on any atom is 0.232 e. The summed E-state index contributed by atoms with van der Waals surface area (Å²) in [6, 6.07) is 5.39. The molecule has 25 heavy (non-hydrogen) atoms. The van der Waals surface area contributed by atoms with Crippen molar-refractivity contribution in [1.29, 1.82) is 0 Å². The molecule has 0 saturated carbocycles. The van der Waals surface area contributed by atoms with Crippen LogP contribution >= 0.6 is 0 Å². The van der Waals surface area contributed by atoms with Gasteiger partial charge in [0.05, 0.1) is 19.1 Å². The van der Waals surface area contributed by atoms with Gasteiger partial charge in [-0.25, -0.2) is 8.42 Å². The highest BCUT2D eigenvalue weighted by atomic mass is 32.2. The smallest absolute Gasteiger partial charge is 0.232 e. The Morgan fingerprint density at radius 3 is 2.40 bits per heavy atom. The molecular formula is C18H28N2O4S. The van der Waals surface area contributed by atoms with E-state index in [1.54, 1.807) is 12.1 Å². The Kier molecular flexibility index (Phi) is 6.70. The second kappa shape index (κ2) is 8.56. The van der Waals surface area contributed by atoms with E-state index >= 15 is 0 Å². The van der Waals surface area contributed by atoms with Gasteiger partial charge in [0.1, 0.15) is 5.75 Å². The maximum absolute atomic E-state index is 12.5. The minimum atomic E-state index is -3.52. The largest absolute Gasteiger partial charge is 0.495 e. The van der Waals surface area contributed by atoms with Crippen LogP contribution in [0.25, 0.3) is 0 Å². The van der Waals surface area contributed by atoms with Crippen molar-refractivity contribution < 1.29 is 17.9 Å². The van der Waals surface area contributed by atoms with Gasteiger partial charge < -0.3 is 9.64 Å². The zero-order valence-electron chi connectivity index (χ0n) is 15.3. The molecular weight excluding hydrogens is 340 g/mol. The summed E-state index contributed by atoms with van der Waals surface area (Å²) < 4.78 is 31.2. The van der Waals surface area contributed by atoms with E-state index in [2.05, 4.69) is 0 Å². The van der Waals surface area contributed by atoms with E-state index < -0.39 is 10.0 Å². The van der Waals surface area contributed by atoms with Gasteiger partial charge in [-0.2, -0.15) is 0 Å². The predicted molar refractivity (Wildman–Crippen MR) is 99.6 cm³/mol. The second-order valence-corrected chi connectivity index (χ2v) is 8.46. The molecule has 1 fully saturated rings. The summed E-state index contributed by atoms with van der Waals surface area (Å²) in [4.78, 5) is 14.4. The number of hydrogen-bond donors (Lipinski definition) is 0. The first kappa shape index (κ1) is 19.6. The van der Waals surface area contributed by atoms with Crippen molar-refractivity contribution in [1.82, 2.24) is 4.90 Å². The number of methoxy groups -OCH3 is 1. The third-order valence-electron chi connectivity index (χ3n) is 4.49. The molecule has 0 unspecified atom stereocenters. The monoisotopic (exact) mass is 368 g/mol. The molecule has 1 saturated heterocycles. The molecule has 0 aliphatic carbocycles. The fraction of sp³-hybridized carbons (Fsp3) is 0.611. The molecule has 1 aromatic carbocycles. The number of hydrogen-bond acceptors (Lipinski definition) is 4. The summed E-state index contributed by atoms with van der Waals surface area (Å²) in [6.07, 6.45) is 5.68. The highest BCUT2D eigenvalue weighted by Gasteiger charge is 2.24. The van der Waals surface area contributed by atoms with E-state index in [4.69, 9.17) is 4.74 Å². The molecule has 0 radical (unpaired) electrons. The molecule has 1 heterocycles. The molecule has 1 aromatic rings. The zero-order chi connectivity index (χ0) is 18.4. The minimum Gasteiger partial charge on any atom is -0.495 e. The number of benzene rings is 1. The van der Waals surface area contributed by atoms with Crippen molar-refractivity contribution >= 4 is 21.6 Å². The van der Waals surface area contributed by atoms with Gasteiger partial charge in [0.2, 0.25) is 15.9 Å². The molecule has 2 rings (SSSR count). The first-order valence-corrected chi connectivity index (χ1v) is 10.6. The average molecular weight is 368 g/mol. The van der Waals surface area contributed by atoms with Gasteiger partial charge in [-0.15, -0.1) is 0 Å². The van der Waals surface area contributed by atoms with E-state index in [9.17, 15) is 13.2 Å². The van der Waals surface area contributed by atoms with Gasteiger partial charge in [-0.3, -0.25) is 9.10 Å². The molecule has 1 aliphatic rings. The lowest BCUT2D eigenvalue weighted by Gasteiger charge is -2.26. The van der Waals surface area contributed by atoms with Crippen molar-refractivity contribution in [2.24, 2.45) is 0 Å². The Morgan fingerprint density at radius 1 is 1.20 bits per heavy atom. The molecule has 6 nitrogen and oxygen atoms in total. The van der Waals surface area contributed by atoms with Crippen LogP contribution in [0.2, 0.25) is 0 Å². The van der Waals surface area contributed by atoms with Crippen LogP contribution in [0.4, 0.5) is 5.69 Å². The summed E-state index contributed by atoms with van der Waals surface area (Å²) in [6.45, 7) is 3.55. The number of aryl methyl sites for hydroxylation is 1. The molecule has 1 aliphatic heterocycles. The first-order chi connectivity index (χ1) is 11.8. The van der Waals surface area contributed by atoms with E-state index in [1.807, 2.05) is 17.9 Å². The molecule has 140 valence electrons. The van der Waals surface area contributed by atoms with Crippen molar-refractivity contribution in [3.8, 4) is 5.75 Å². The van der Waals surface area contributed by atoms with Gasteiger partial charge in [0.15, 0.2) is 0 Å². The Balaban J connectivity index is 2.16. The number of rotatable bonds is 6. The van der Waals surface area contributed by atoms with Crippen molar-refractivity contribution in [2.75, 3.05) is 37.3 Å². The number of nitrogens with zero attached hydrogens (tertiary/aromatic N) is 2. The molecule has 1 amide bonds. The summed E-state index contributed by atoms with van der Waals surface area (Å²) >= 11 is 0. The average Bonchev–Trinajstić information content (AvgIpc) is 2.83. The van der Waals surface area contributed by atoms with Gasteiger partial charge >= 0.3 is 0 Å². The number of amides is 1. The topological polar surface area (TPSA) is 66.9 Å². The number of carbonyl (C=O) groups excluding carboxylic acids is 1. The highest BCUT2D eigenvalue weighted by Crippen LogP contribution is 2.31. The third-order valence-corrected chi connectivity index (χ3v) is 5.67. The summed E-state index contributed by atoms with van der Waals surface area (Å²) in [7, 11) is -2.01. The van der Waals surface area contributed by atoms with Crippen LogP contribution < -0.4 is 9.04 Å². The van der Waals surface area contributed by atoms with Crippen LogP contribution in [0.3, 0.4) is 0 Å². The summed E-state index contributed by atoms with van der Waals surface area (Å²) in [5.74, 6) is 0.500. The predicted octanol–water partition coefficient (Wildman–Crippen LogP) is 2.56. The molecule has 0 bridgehead atoms. The van der Waals surface area contributed by atoms with Gasteiger partial charge in [0.25, 0.3) is 0 Å². The normalized spacial score (nSPS) is 15.6. The van der Waals surface area contributed by atoms with Crippen LogP contribution in [0.1, 0.15) is 37.7 Å². The van der Waals surface area contributed by atoms with E-state index in [0.717, 1.165) is 50.6 Å². The third kappa shape index (κ3) is 5.36. The highest BCUT2D eigenvalue weighted by molar-refractivity contribution is 7.92. The van der Waals surface area contributed by atoms with Crippen LogP contribution in [-0.4, -0.2) is 52.2 Å². The van der Waals surface area contributed by atoms with Crippen molar-refractivity contribution in [2.45, 2.75) is 39.0 Å². The standard InChI is InChI=1S/C18H28N2O4S/c1-15-8-9-17(24-2)16(14-15)20(25(3,22)23)13-10-18(21)19-11-6-4-5-7-12-19/h8-9,14H,4-7,10-13H2,1-3H3. The van der Waals surface area contributed by atoms with Gasteiger partial charge in [-0.1, -0.05) is 18.9 Å². The Morgan fingerprint density at radius 2 is 1.84 bits per heavy atom. The number of carbonyl (C=O) groups is 1. The summed E-state index contributed by atoms with van der Waals surface area (Å²) in [5.41, 5.74) is 1.41. The lowest BCUT2D eigenvalue weighted by molar-refractivity contribution is -0.130. The van der Waals surface area contributed by atoms with Crippen molar-refractivity contribution in [3.63, 3.8) is 0 Å². The van der Waals surface area contributed by atoms with E-state index in [1.165, 1.54) is 11.4 Å². The number of ether oxygens (including phenoxy) is 1. The maximum atomic E-state index is 12.5. The fourth-order valence-electron chi connectivity index (χ4n) is 3.14. The Labute approximate surface area is 150 Å². The van der Waals surface area contributed by atoms with Crippen LogP contribution in [0.5, 0.6) is 5.75 Å². The fourth-order valence-corrected chi connectivity index (χ4v) is 4.06. The van der Waals surface area contributed by atoms with Gasteiger partial charge in [-0.05, 0) is 37.5 Å². The summed E-state index contributed by atoms with van der Waals surface area (Å²) in [5, 5.41) is 0. The molecule has 0 aromatic heterocycles. The van der Waals surface area contributed by atoms with Crippen LogP contribution in [0.15, 0.2) is 18.2 Å². The van der Waals surface area contributed by atoms with Crippen LogP contribution in [-0.2, 0) is 14.8 Å². The molecule has 0 atom stereocenters. The lowest BCUT2D eigenvalue weighted by Crippen LogP contribution is -2.37. The zero-order valence-corrected chi connectivity index (χ0v) is 16.1. The molecule has 0 spiro atoms. The molecule has 0 N–H and O–H groups in total. The molecule has 7 heteroatoms.